The molecule has 0 atom stereocenters. The van der Waals surface area contributed by atoms with Gasteiger partial charge in [0.1, 0.15) is 11.5 Å². The normalized spacial score (nSPS) is 14.5. The minimum Gasteiger partial charge on any atom is -0.496 e. The number of hydrogen-bond acceptors (Lipinski definition) is 5. The van der Waals surface area contributed by atoms with Crippen LogP contribution in [0.1, 0.15) is 5.56 Å². The predicted molar refractivity (Wildman–Crippen MR) is 120 cm³/mol. The molecule has 1 saturated heterocycles. The zero-order valence-electron chi connectivity index (χ0n) is 17.4. The minimum absolute atomic E-state index is 0.107. The molecule has 0 bridgehead atoms. The second-order valence-electron chi connectivity index (χ2n) is 7.39. The van der Waals surface area contributed by atoms with E-state index in [0.717, 1.165) is 55.3 Å². The summed E-state index contributed by atoms with van der Waals surface area (Å²) in [5.41, 5.74) is 3.56. The lowest BCUT2D eigenvalue weighted by Gasteiger charge is -2.36. The number of methoxy groups -OCH3 is 2. The maximum absolute atomic E-state index is 12.4. The van der Waals surface area contributed by atoms with Gasteiger partial charge in [-0.1, -0.05) is 30.3 Å². The van der Waals surface area contributed by atoms with Crippen molar-refractivity contribution in [3.63, 3.8) is 0 Å². The molecule has 4 rings (SSSR count). The Hall–Kier alpha value is -3.25. The number of nitrogens with zero attached hydrogens (tertiary/aromatic N) is 2. The lowest BCUT2D eigenvalue weighted by Crippen LogP contribution is -2.46. The molecule has 2 heterocycles. The Kier molecular flexibility index (Phi) is 6.05. The van der Waals surface area contributed by atoms with Crippen molar-refractivity contribution in [1.29, 1.82) is 0 Å². The van der Waals surface area contributed by atoms with E-state index < -0.39 is 0 Å². The first-order valence-corrected chi connectivity index (χ1v) is 10.1. The number of nitrogens with one attached hydrogen (secondary N) is 1. The number of ether oxygens (including phenoxy) is 2. The van der Waals surface area contributed by atoms with Gasteiger partial charge in [0, 0.05) is 44.5 Å². The van der Waals surface area contributed by atoms with Crippen molar-refractivity contribution in [3.8, 4) is 22.6 Å². The summed E-state index contributed by atoms with van der Waals surface area (Å²) < 4.78 is 10.9. The maximum atomic E-state index is 12.4. The van der Waals surface area contributed by atoms with Crippen LogP contribution in [0.2, 0.25) is 0 Å². The highest BCUT2D eigenvalue weighted by Crippen LogP contribution is 2.29. The molecule has 3 aromatic rings. The third-order valence-electron chi connectivity index (χ3n) is 5.56. The summed E-state index contributed by atoms with van der Waals surface area (Å²) in [6.07, 6.45) is 1.81. The van der Waals surface area contributed by atoms with Crippen LogP contribution in [0.25, 0.3) is 11.1 Å². The number of piperazine rings is 1. The summed E-state index contributed by atoms with van der Waals surface area (Å²) in [7, 11) is 3.34. The largest absolute Gasteiger partial charge is 0.496 e. The summed E-state index contributed by atoms with van der Waals surface area (Å²) in [4.78, 5) is 20.1. The van der Waals surface area contributed by atoms with E-state index in [9.17, 15) is 4.79 Å². The Labute approximate surface area is 176 Å². The summed E-state index contributed by atoms with van der Waals surface area (Å²) in [5, 5.41) is 0. The van der Waals surface area contributed by atoms with Crippen LogP contribution in [-0.4, -0.2) is 50.3 Å². The van der Waals surface area contributed by atoms with Gasteiger partial charge in [-0.2, -0.15) is 0 Å². The van der Waals surface area contributed by atoms with E-state index in [1.807, 2.05) is 54.7 Å². The van der Waals surface area contributed by atoms with Crippen LogP contribution >= 0.6 is 0 Å². The average molecular weight is 405 g/mol. The van der Waals surface area contributed by atoms with Gasteiger partial charge >= 0.3 is 0 Å². The highest BCUT2D eigenvalue weighted by molar-refractivity contribution is 5.70. The number of benzene rings is 2. The fraction of sp³-hybridized carbons (Fsp3) is 0.292. The molecular formula is C24H27N3O3. The molecule has 1 fully saturated rings. The van der Waals surface area contributed by atoms with Gasteiger partial charge < -0.3 is 19.4 Å². The number of anilines is 1. The number of hydrogen-bond donors (Lipinski definition) is 1. The molecule has 1 aliphatic rings. The van der Waals surface area contributed by atoms with Crippen LogP contribution in [0.5, 0.6) is 11.5 Å². The Bertz CT molecular complexity index is 1060. The number of aromatic nitrogens is 1. The van der Waals surface area contributed by atoms with Crippen molar-refractivity contribution in [1.82, 2.24) is 9.88 Å². The lowest BCUT2D eigenvalue weighted by molar-refractivity contribution is 0.249. The molecule has 0 amide bonds. The van der Waals surface area contributed by atoms with E-state index in [4.69, 9.17) is 9.47 Å². The standard InChI is InChI=1S/C24H27N3O3/c1-29-22-9-5-3-7-19(22)20-15-18(16-25-24(20)28)17-26-11-13-27(14-12-26)21-8-4-6-10-23(21)30-2/h3-10,15-16H,11-14,17H2,1-2H3,(H,25,28). The lowest BCUT2D eigenvalue weighted by atomic mass is 10.0. The van der Waals surface area contributed by atoms with Crippen molar-refractivity contribution in [2.75, 3.05) is 45.3 Å². The van der Waals surface area contributed by atoms with Gasteiger partial charge in [-0.05, 0) is 29.8 Å². The van der Waals surface area contributed by atoms with Gasteiger partial charge in [-0.25, -0.2) is 0 Å². The average Bonchev–Trinajstić information content (AvgIpc) is 2.81. The number of pyridine rings is 1. The van der Waals surface area contributed by atoms with Crippen LogP contribution < -0.4 is 19.9 Å². The first-order chi connectivity index (χ1) is 14.7. The third-order valence-corrected chi connectivity index (χ3v) is 5.56. The van der Waals surface area contributed by atoms with Crippen LogP contribution in [0.3, 0.4) is 0 Å². The fourth-order valence-electron chi connectivity index (χ4n) is 3.98. The van der Waals surface area contributed by atoms with E-state index in [1.165, 1.54) is 0 Å². The van der Waals surface area contributed by atoms with Crippen molar-refractivity contribution in [2.45, 2.75) is 6.54 Å². The Morgan fingerprint density at radius 1 is 0.867 bits per heavy atom. The van der Waals surface area contributed by atoms with E-state index in [1.54, 1.807) is 14.2 Å². The van der Waals surface area contributed by atoms with Crippen LogP contribution in [0.4, 0.5) is 5.69 Å². The summed E-state index contributed by atoms with van der Waals surface area (Å²) in [6, 6.07) is 17.7. The monoisotopic (exact) mass is 405 g/mol. The summed E-state index contributed by atoms with van der Waals surface area (Å²) >= 11 is 0. The van der Waals surface area contributed by atoms with Crippen molar-refractivity contribution >= 4 is 5.69 Å². The molecule has 0 spiro atoms. The second kappa shape index (κ2) is 9.05. The Morgan fingerprint density at radius 2 is 1.53 bits per heavy atom. The van der Waals surface area contributed by atoms with E-state index in [2.05, 4.69) is 20.9 Å². The molecule has 0 saturated carbocycles. The van der Waals surface area contributed by atoms with Crippen molar-refractivity contribution < 1.29 is 9.47 Å². The van der Waals surface area contributed by atoms with Gasteiger partial charge in [0.15, 0.2) is 0 Å². The van der Waals surface area contributed by atoms with E-state index >= 15 is 0 Å². The molecule has 1 N–H and O–H groups in total. The minimum atomic E-state index is -0.107. The fourth-order valence-corrected chi connectivity index (χ4v) is 3.98. The van der Waals surface area contributed by atoms with E-state index in [0.29, 0.717) is 11.3 Å². The second-order valence-corrected chi connectivity index (χ2v) is 7.39. The van der Waals surface area contributed by atoms with Crippen LogP contribution in [-0.2, 0) is 6.54 Å². The highest BCUT2D eigenvalue weighted by atomic mass is 16.5. The van der Waals surface area contributed by atoms with Crippen molar-refractivity contribution in [3.05, 3.63) is 76.7 Å². The molecule has 0 unspecified atom stereocenters. The number of H-pyrrole nitrogens is 1. The predicted octanol–water partition coefficient (Wildman–Crippen LogP) is 3.38. The van der Waals surface area contributed by atoms with Crippen LogP contribution in [0, 0.1) is 0 Å². The van der Waals surface area contributed by atoms with Gasteiger partial charge in [-0.15, -0.1) is 0 Å². The maximum Gasteiger partial charge on any atom is 0.255 e. The van der Waals surface area contributed by atoms with E-state index in [-0.39, 0.29) is 5.56 Å². The van der Waals surface area contributed by atoms with Gasteiger partial charge in [0.05, 0.1) is 25.5 Å². The molecule has 6 nitrogen and oxygen atoms in total. The molecule has 1 aromatic heterocycles. The number of rotatable bonds is 6. The summed E-state index contributed by atoms with van der Waals surface area (Å²) in [6.45, 7) is 4.55. The molecule has 1 aliphatic heterocycles. The molecular weight excluding hydrogens is 378 g/mol. The molecule has 30 heavy (non-hydrogen) atoms. The zero-order valence-corrected chi connectivity index (χ0v) is 17.4. The topological polar surface area (TPSA) is 57.8 Å². The highest BCUT2D eigenvalue weighted by Gasteiger charge is 2.20. The number of para-hydroxylation sites is 3. The molecule has 0 aliphatic carbocycles. The first kappa shape index (κ1) is 20.0. The van der Waals surface area contributed by atoms with Gasteiger partial charge in [0.25, 0.3) is 5.56 Å². The first-order valence-electron chi connectivity index (χ1n) is 10.1. The third kappa shape index (κ3) is 4.19. The zero-order chi connectivity index (χ0) is 20.9. The van der Waals surface area contributed by atoms with Crippen LogP contribution in [0.15, 0.2) is 65.6 Å². The Balaban J connectivity index is 1.47. The molecule has 0 radical (unpaired) electrons. The van der Waals surface area contributed by atoms with Gasteiger partial charge in [0.2, 0.25) is 0 Å². The number of aromatic amines is 1. The molecule has 6 heteroatoms. The quantitative estimate of drug-likeness (QED) is 0.681. The molecule has 2 aromatic carbocycles. The van der Waals surface area contributed by atoms with Crippen molar-refractivity contribution in [2.24, 2.45) is 0 Å². The summed E-state index contributed by atoms with van der Waals surface area (Å²) in [5.74, 6) is 1.61. The Morgan fingerprint density at radius 3 is 2.27 bits per heavy atom. The molecule has 156 valence electrons. The smallest absolute Gasteiger partial charge is 0.255 e. The SMILES string of the molecule is COc1ccccc1-c1cc(CN2CCN(c3ccccc3OC)CC2)c[nH]c1=O. The van der Waals surface area contributed by atoms with Gasteiger partial charge in [-0.3, -0.25) is 9.69 Å².